The van der Waals surface area contributed by atoms with Crippen molar-refractivity contribution in [2.45, 2.75) is 65.5 Å². The maximum Gasteiger partial charge on any atom is 0.135 e. The van der Waals surface area contributed by atoms with Crippen molar-refractivity contribution in [1.29, 1.82) is 0 Å². The molecule has 0 radical (unpaired) electrons. The predicted octanol–water partition coefficient (Wildman–Crippen LogP) is 5.31. The van der Waals surface area contributed by atoms with Crippen molar-refractivity contribution in [2.75, 3.05) is 0 Å². The molecule has 104 valence electrons. The molecule has 17 heavy (non-hydrogen) atoms. The van der Waals surface area contributed by atoms with Crippen molar-refractivity contribution < 1.29 is 0 Å². The number of hydrogen-bond acceptors (Lipinski definition) is 0. The van der Waals surface area contributed by atoms with Gasteiger partial charge in [0.2, 0.25) is 0 Å². The van der Waals surface area contributed by atoms with Gasteiger partial charge in [-0.15, -0.1) is 0 Å². The molecule has 7 heteroatoms. The average molecular weight is 362 g/mol. The lowest BCUT2D eigenvalue weighted by atomic mass is 11.8. The highest BCUT2D eigenvalue weighted by atomic mass is 35.6. The Morgan fingerprint density at radius 3 is 0.647 bits per heavy atom. The molecule has 0 aromatic rings. The molecule has 0 saturated carbocycles. The summed E-state index contributed by atoms with van der Waals surface area (Å²) >= 11 is 14.3. The average Bonchev–Trinajstić information content (AvgIpc) is 1.67. The van der Waals surface area contributed by atoms with Gasteiger partial charge in [0.15, 0.2) is 0 Å². The summed E-state index contributed by atoms with van der Waals surface area (Å²) in [6, 6.07) is 0. The van der Waals surface area contributed by atoms with Crippen LogP contribution in [0.15, 0.2) is 0 Å². The fourth-order valence-corrected chi connectivity index (χ4v) is 190. The fourth-order valence-electron chi connectivity index (χ4n) is 5.40. The highest BCUT2D eigenvalue weighted by molar-refractivity contribution is 8.13. The van der Waals surface area contributed by atoms with Gasteiger partial charge < -0.3 is 0 Å². The molecule has 0 aliphatic rings. The maximum atomic E-state index is 7.13. The summed E-state index contributed by atoms with van der Waals surface area (Å²) in [5.74, 6) is 0. The molecule has 0 N–H and O–H groups in total. The Balaban J connectivity index is 6.37. The second-order valence-corrected chi connectivity index (χ2v) is 66.7. The maximum absolute atomic E-state index is 7.13. The molecule has 0 saturated heterocycles. The van der Waals surface area contributed by atoms with Crippen molar-refractivity contribution in [3.63, 3.8) is 0 Å². The van der Waals surface area contributed by atoms with E-state index in [1.54, 1.807) is 0 Å². The van der Waals surface area contributed by atoms with Gasteiger partial charge in [-0.25, -0.2) is 0 Å². The first-order valence-electron chi connectivity index (χ1n) is 6.38. The Morgan fingerprint density at radius 1 is 0.471 bits per heavy atom. The molecule has 0 atom stereocenters. The van der Waals surface area contributed by atoms with E-state index in [1.807, 2.05) is 0 Å². The van der Waals surface area contributed by atoms with Crippen LogP contribution in [0.5, 0.6) is 0 Å². The third-order valence-corrected chi connectivity index (χ3v) is 124. The van der Waals surface area contributed by atoms with Gasteiger partial charge in [-0.3, -0.25) is 0 Å². The Kier molecular flexibility index (Phi) is 5.37. The molecule has 0 fully saturated rings. The lowest BCUT2D eigenvalue weighted by Crippen LogP contribution is -2.90. The minimum atomic E-state index is -1.68. The van der Waals surface area contributed by atoms with Crippen molar-refractivity contribution >= 4 is 57.3 Å². The van der Waals surface area contributed by atoms with Crippen LogP contribution in [0, 0.1) is 0 Å². The molecule has 0 aliphatic carbocycles. The van der Waals surface area contributed by atoms with Gasteiger partial charge in [-0.05, 0) is 0 Å². The third kappa shape index (κ3) is 3.06. The number of hydrogen-bond donors (Lipinski definition) is 0. The Morgan fingerprint density at radius 2 is 0.647 bits per heavy atom. The second-order valence-electron chi connectivity index (χ2n) is 8.19. The van der Waals surface area contributed by atoms with E-state index >= 15 is 0 Å². The molecule has 0 unspecified atom stereocenters. The van der Waals surface area contributed by atoms with Crippen LogP contribution in [-0.2, 0) is 0 Å². The quantitative estimate of drug-likeness (QED) is 0.470. The molecule has 0 bridgehead atoms. The van der Waals surface area contributed by atoms with E-state index in [1.165, 1.54) is 0 Å². The number of halogens is 2. The van der Waals surface area contributed by atoms with Gasteiger partial charge in [0, 0.05) is 15.2 Å². The molecule has 0 spiro atoms. The zero-order valence-corrected chi connectivity index (χ0v) is 19.8. The third-order valence-electron chi connectivity index (χ3n) is 4.03. The summed E-state index contributed by atoms with van der Waals surface area (Å²) in [5.41, 5.74) is 0. The van der Waals surface area contributed by atoms with Gasteiger partial charge in [0.1, 0.15) is 13.8 Å². The summed E-state index contributed by atoms with van der Waals surface area (Å²) in [7, 11) is -2.57. The summed E-state index contributed by atoms with van der Waals surface area (Å²) in [6.45, 7) is 21.5. The van der Waals surface area contributed by atoms with Crippen molar-refractivity contribution in [3.05, 3.63) is 0 Å². The Bertz CT molecular complexity index is 216. The van der Waals surface area contributed by atoms with Crippen LogP contribution in [0.3, 0.4) is 0 Å². The van der Waals surface area contributed by atoms with Crippen LogP contribution in [-0.4, -0.2) is 35.1 Å². The lowest BCUT2D eigenvalue weighted by molar-refractivity contribution is 1.77. The fraction of sp³-hybridized carbons (Fsp3) is 1.00. The lowest BCUT2D eigenvalue weighted by Gasteiger charge is -2.60. The van der Waals surface area contributed by atoms with Crippen LogP contribution in [0.2, 0.25) is 65.5 Å². The molecule has 0 nitrogen and oxygen atoms in total. The van der Waals surface area contributed by atoms with Crippen LogP contribution < -0.4 is 0 Å². The second kappa shape index (κ2) is 4.89. The molecule has 0 aliphatic heterocycles. The summed E-state index contributed by atoms with van der Waals surface area (Å²) < 4.78 is 0. The van der Waals surface area contributed by atoms with Gasteiger partial charge in [0.25, 0.3) is 0 Å². The zero-order chi connectivity index (χ0) is 14.5. The topological polar surface area (TPSA) is 0 Å². The first-order valence-corrected chi connectivity index (χ1v) is 27.4. The Hall–Kier alpha value is 1.66. The predicted molar refractivity (Wildman–Crippen MR) is 99.1 cm³/mol. The van der Waals surface area contributed by atoms with Crippen molar-refractivity contribution in [3.8, 4) is 0 Å². The van der Waals surface area contributed by atoms with Crippen LogP contribution >= 0.6 is 22.2 Å². The van der Waals surface area contributed by atoms with Crippen LogP contribution in [0.25, 0.3) is 0 Å². The minimum Gasteiger partial charge on any atom is -0.172 e. The first kappa shape index (κ1) is 18.7. The molecular weight excluding hydrogens is 331 g/mol. The number of rotatable bonds is 4. The van der Waals surface area contributed by atoms with E-state index in [2.05, 4.69) is 65.5 Å². The molecule has 0 aromatic heterocycles. The van der Waals surface area contributed by atoms with Gasteiger partial charge in [-0.1, -0.05) is 65.5 Å². The van der Waals surface area contributed by atoms with Crippen molar-refractivity contribution in [1.82, 2.24) is 0 Å². The molecule has 0 rings (SSSR count). The minimum absolute atomic E-state index is 1.28. The molecule has 0 amide bonds. The largest absolute Gasteiger partial charge is 0.172 e. The summed E-state index contributed by atoms with van der Waals surface area (Å²) in [6.07, 6.45) is -1.52. The molecule has 0 heterocycles. The van der Waals surface area contributed by atoms with E-state index < -0.39 is 35.1 Å². The summed E-state index contributed by atoms with van der Waals surface area (Å²) in [5, 5.41) is 0. The van der Waals surface area contributed by atoms with Crippen molar-refractivity contribution in [2.24, 2.45) is 0 Å². The smallest absolute Gasteiger partial charge is 0.135 e. The molecular formula is C10H30Cl2Si5. The van der Waals surface area contributed by atoms with E-state index in [9.17, 15) is 0 Å². The standard InChI is InChI=1S/C10H30Cl2Si5/c1-13(2,3)17(14(4,5)6,15(7,8)11)16(9,10)12/h1-10H3. The van der Waals surface area contributed by atoms with E-state index in [0.29, 0.717) is 0 Å². The van der Waals surface area contributed by atoms with E-state index in [-0.39, 0.29) is 0 Å². The highest BCUT2D eigenvalue weighted by Crippen LogP contribution is 2.45. The van der Waals surface area contributed by atoms with Crippen LogP contribution in [0.1, 0.15) is 0 Å². The van der Waals surface area contributed by atoms with Crippen LogP contribution in [0.4, 0.5) is 0 Å². The first-order chi connectivity index (χ1) is 7.00. The van der Waals surface area contributed by atoms with E-state index in [4.69, 9.17) is 22.2 Å². The normalized spacial score (nSPS) is 16.2. The Labute approximate surface area is 122 Å². The zero-order valence-electron chi connectivity index (χ0n) is 13.3. The van der Waals surface area contributed by atoms with E-state index in [0.717, 1.165) is 0 Å². The van der Waals surface area contributed by atoms with Gasteiger partial charge in [0.05, 0.1) is 6.14 Å². The SMILES string of the molecule is C[Si](C)(C)[Si]([Si](C)(C)C)([Si](C)(C)Cl)[Si](C)(C)Cl. The van der Waals surface area contributed by atoms with Gasteiger partial charge >= 0.3 is 0 Å². The highest BCUT2D eigenvalue weighted by Gasteiger charge is 2.70. The monoisotopic (exact) mass is 360 g/mol. The van der Waals surface area contributed by atoms with Gasteiger partial charge in [-0.2, -0.15) is 22.2 Å². The molecule has 0 aromatic carbocycles. The summed E-state index contributed by atoms with van der Waals surface area (Å²) in [4.78, 5) is 0.